The van der Waals surface area contributed by atoms with E-state index in [1.54, 1.807) is 11.8 Å². The van der Waals surface area contributed by atoms with Crippen molar-refractivity contribution in [2.45, 2.75) is 32.5 Å². The van der Waals surface area contributed by atoms with Crippen molar-refractivity contribution in [2.75, 3.05) is 6.54 Å². The van der Waals surface area contributed by atoms with E-state index in [-0.39, 0.29) is 11.9 Å². The molecule has 1 saturated heterocycles. The molecule has 0 aromatic heterocycles. The molecule has 3 rings (SSSR count). The minimum absolute atomic E-state index is 0.0159. The first-order valence-corrected chi connectivity index (χ1v) is 6.99. The highest BCUT2D eigenvalue weighted by Crippen LogP contribution is 2.40. The lowest BCUT2D eigenvalue weighted by molar-refractivity contribution is -0.130. The topological polar surface area (TPSA) is 32.3 Å². The van der Waals surface area contributed by atoms with Gasteiger partial charge in [0, 0.05) is 18.2 Å². The lowest BCUT2D eigenvalue weighted by atomic mass is 10.1. The van der Waals surface area contributed by atoms with Crippen molar-refractivity contribution in [1.82, 2.24) is 10.2 Å². The number of benzene rings is 1. The van der Waals surface area contributed by atoms with Crippen LogP contribution in [0.2, 0.25) is 0 Å². The van der Waals surface area contributed by atoms with Crippen LogP contribution in [0.25, 0.3) is 0 Å². The maximum atomic E-state index is 13.9. The van der Waals surface area contributed by atoms with Gasteiger partial charge in [-0.3, -0.25) is 10.1 Å². The summed E-state index contributed by atoms with van der Waals surface area (Å²) in [7, 11) is 0. The molecule has 3 nitrogen and oxygen atoms in total. The lowest BCUT2D eigenvalue weighted by Crippen LogP contribution is -2.33. The molecule has 1 aliphatic carbocycles. The van der Waals surface area contributed by atoms with E-state index >= 15 is 0 Å². The molecule has 108 valence electrons. The normalized spacial score (nSPS) is 32.8. The highest BCUT2D eigenvalue weighted by molar-refractivity contribution is 5.84. The summed E-state index contributed by atoms with van der Waals surface area (Å²) in [5.74, 6) is -0.114. The first-order chi connectivity index (χ1) is 9.47. The molecule has 2 fully saturated rings. The number of carbonyl (C=O) groups excluding carboxylic acids is 1. The molecule has 1 aliphatic heterocycles. The Morgan fingerprint density at radius 3 is 2.65 bits per heavy atom. The van der Waals surface area contributed by atoms with E-state index in [0.29, 0.717) is 23.9 Å². The summed E-state index contributed by atoms with van der Waals surface area (Å²) in [4.78, 5) is 13.9. The average molecular weight is 280 g/mol. The van der Waals surface area contributed by atoms with Gasteiger partial charge in [-0.25, -0.2) is 8.78 Å². The van der Waals surface area contributed by atoms with Crippen LogP contribution in [0.3, 0.4) is 0 Å². The summed E-state index contributed by atoms with van der Waals surface area (Å²) in [5.41, 5.74) is 0.331. The van der Waals surface area contributed by atoms with Crippen LogP contribution < -0.4 is 5.32 Å². The van der Waals surface area contributed by atoms with Gasteiger partial charge in [-0.05, 0) is 37.3 Å². The van der Waals surface area contributed by atoms with Crippen LogP contribution in [0.5, 0.6) is 0 Å². The van der Waals surface area contributed by atoms with Crippen LogP contribution in [-0.4, -0.2) is 23.4 Å². The fraction of sp³-hybridized carbons (Fsp3) is 0.533. The van der Waals surface area contributed by atoms with Crippen LogP contribution >= 0.6 is 0 Å². The number of carbonyl (C=O) groups is 1. The molecule has 1 heterocycles. The lowest BCUT2D eigenvalue weighted by Gasteiger charge is -2.25. The van der Waals surface area contributed by atoms with Gasteiger partial charge in [0.2, 0.25) is 5.91 Å². The third-order valence-corrected chi connectivity index (χ3v) is 4.34. The molecule has 0 radical (unpaired) electrons. The van der Waals surface area contributed by atoms with Gasteiger partial charge in [0.15, 0.2) is 0 Å². The van der Waals surface area contributed by atoms with E-state index in [1.165, 1.54) is 12.1 Å². The number of nitrogens with one attached hydrogen (secondary N) is 1. The SMILES string of the molecule is CC1NC(c2ccc(F)cc2F)N(CC2CC2C)C1=O. The number of nitrogens with zero attached hydrogens (tertiary/aromatic N) is 1. The molecule has 1 N–H and O–H groups in total. The van der Waals surface area contributed by atoms with Gasteiger partial charge in [-0.1, -0.05) is 6.92 Å². The second-order valence-corrected chi connectivity index (χ2v) is 5.92. The van der Waals surface area contributed by atoms with E-state index < -0.39 is 17.8 Å². The average Bonchev–Trinajstić information content (AvgIpc) is 3.01. The highest BCUT2D eigenvalue weighted by atomic mass is 19.1. The van der Waals surface area contributed by atoms with Crippen LogP contribution in [0, 0.1) is 23.5 Å². The molecule has 1 aromatic carbocycles. The molecule has 1 aromatic rings. The van der Waals surface area contributed by atoms with Gasteiger partial charge in [0.05, 0.1) is 6.04 Å². The molecule has 1 saturated carbocycles. The monoisotopic (exact) mass is 280 g/mol. The Morgan fingerprint density at radius 1 is 1.35 bits per heavy atom. The van der Waals surface area contributed by atoms with E-state index in [4.69, 9.17) is 0 Å². The summed E-state index contributed by atoms with van der Waals surface area (Å²) in [6, 6.07) is 3.17. The van der Waals surface area contributed by atoms with Gasteiger partial charge >= 0.3 is 0 Å². The quantitative estimate of drug-likeness (QED) is 0.922. The predicted octanol–water partition coefficient (Wildman–Crippen LogP) is 2.44. The Bertz CT molecular complexity index is 549. The summed E-state index contributed by atoms with van der Waals surface area (Å²) < 4.78 is 27.0. The molecule has 1 amide bonds. The van der Waals surface area contributed by atoms with E-state index in [1.807, 2.05) is 0 Å². The van der Waals surface area contributed by atoms with Crippen molar-refractivity contribution in [3.05, 3.63) is 35.4 Å². The number of rotatable bonds is 3. The zero-order chi connectivity index (χ0) is 14.4. The minimum atomic E-state index is -0.613. The zero-order valence-corrected chi connectivity index (χ0v) is 11.6. The maximum absolute atomic E-state index is 13.9. The number of hydrogen-bond donors (Lipinski definition) is 1. The van der Waals surface area contributed by atoms with Crippen LogP contribution in [0.4, 0.5) is 8.78 Å². The smallest absolute Gasteiger partial charge is 0.241 e. The van der Waals surface area contributed by atoms with Crippen LogP contribution in [-0.2, 0) is 4.79 Å². The summed E-state index contributed by atoms with van der Waals surface area (Å²) in [5, 5.41) is 3.09. The summed E-state index contributed by atoms with van der Waals surface area (Å²) in [6.07, 6.45) is 0.613. The second kappa shape index (κ2) is 4.81. The molecule has 20 heavy (non-hydrogen) atoms. The molecular weight excluding hydrogens is 262 g/mol. The first kappa shape index (κ1) is 13.5. The van der Waals surface area contributed by atoms with Gasteiger partial charge in [0.25, 0.3) is 0 Å². The largest absolute Gasteiger partial charge is 0.321 e. The van der Waals surface area contributed by atoms with Crippen LogP contribution in [0.15, 0.2) is 18.2 Å². The third-order valence-electron chi connectivity index (χ3n) is 4.34. The van der Waals surface area contributed by atoms with Gasteiger partial charge in [-0.15, -0.1) is 0 Å². The van der Waals surface area contributed by atoms with Gasteiger partial charge < -0.3 is 4.90 Å². The molecule has 0 spiro atoms. The Labute approximate surface area is 117 Å². The van der Waals surface area contributed by atoms with E-state index in [0.717, 1.165) is 12.5 Å². The minimum Gasteiger partial charge on any atom is -0.321 e. The van der Waals surface area contributed by atoms with Crippen molar-refractivity contribution in [1.29, 1.82) is 0 Å². The van der Waals surface area contributed by atoms with Crippen molar-refractivity contribution in [3.8, 4) is 0 Å². The highest BCUT2D eigenvalue weighted by Gasteiger charge is 2.43. The number of hydrogen-bond acceptors (Lipinski definition) is 2. The Balaban J connectivity index is 1.87. The standard InChI is InChI=1S/C15H18F2N2O/c1-8-5-10(8)7-19-14(18-9(2)15(19)20)12-4-3-11(16)6-13(12)17/h3-4,6,8-10,14,18H,5,7H2,1-2H3. The molecule has 2 aliphatic rings. The fourth-order valence-corrected chi connectivity index (χ4v) is 2.86. The van der Waals surface area contributed by atoms with Crippen LogP contribution in [0.1, 0.15) is 32.0 Å². The van der Waals surface area contributed by atoms with Crippen molar-refractivity contribution in [2.24, 2.45) is 11.8 Å². The van der Waals surface area contributed by atoms with E-state index in [2.05, 4.69) is 12.2 Å². The van der Waals surface area contributed by atoms with Crippen molar-refractivity contribution < 1.29 is 13.6 Å². The zero-order valence-electron chi connectivity index (χ0n) is 11.6. The molecular formula is C15H18F2N2O. The predicted molar refractivity (Wildman–Crippen MR) is 70.7 cm³/mol. The summed E-state index contributed by atoms with van der Waals surface area (Å²) in [6.45, 7) is 4.56. The molecule has 0 bridgehead atoms. The van der Waals surface area contributed by atoms with E-state index in [9.17, 15) is 13.6 Å². The fourth-order valence-electron chi connectivity index (χ4n) is 2.86. The second-order valence-electron chi connectivity index (χ2n) is 5.92. The Hall–Kier alpha value is -1.49. The molecule has 4 atom stereocenters. The van der Waals surface area contributed by atoms with Crippen molar-refractivity contribution in [3.63, 3.8) is 0 Å². The van der Waals surface area contributed by atoms with Crippen molar-refractivity contribution >= 4 is 5.91 Å². The summed E-state index contributed by atoms with van der Waals surface area (Å²) >= 11 is 0. The number of halogens is 2. The Morgan fingerprint density at radius 2 is 2.05 bits per heavy atom. The first-order valence-electron chi connectivity index (χ1n) is 6.99. The maximum Gasteiger partial charge on any atom is 0.241 e. The third kappa shape index (κ3) is 2.30. The van der Waals surface area contributed by atoms with Gasteiger partial charge in [0.1, 0.15) is 17.8 Å². The van der Waals surface area contributed by atoms with Gasteiger partial charge in [-0.2, -0.15) is 0 Å². The Kier molecular flexibility index (Phi) is 3.24. The number of amides is 1. The molecule has 5 heteroatoms. The molecule has 4 unspecified atom stereocenters.